The minimum absolute atomic E-state index is 0.210. The Balaban J connectivity index is 1.34. The molecule has 6 heteroatoms. The van der Waals surface area contributed by atoms with Crippen molar-refractivity contribution in [1.29, 1.82) is 0 Å². The van der Waals surface area contributed by atoms with Crippen LogP contribution in [0.3, 0.4) is 0 Å². The quantitative estimate of drug-likeness (QED) is 0.498. The number of hydrogen-bond acceptors (Lipinski definition) is 5. The summed E-state index contributed by atoms with van der Waals surface area (Å²) in [6, 6.07) is 15.3. The molecule has 0 saturated heterocycles. The maximum absolute atomic E-state index is 12.0. The van der Waals surface area contributed by atoms with Crippen LogP contribution >= 0.6 is 0 Å². The van der Waals surface area contributed by atoms with E-state index in [1.54, 1.807) is 6.08 Å². The Bertz CT molecular complexity index is 1040. The molecule has 0 radical (unpaired) electrons. The molecule has 142 valence electrons. The van der Waals surface area contributed by atoms with Crippen LogP contribution in [0.2, 0.25) is 0 Å². The molecule has 0 fully saturated rings. The molecule has 6 nitrogen and oxygen atoms in total. The number of benzene rings is 2. The Morgan fingerprint density at radius 1 is 1.11 bits per heavy atom. The number of fused-ring (bicyclic) bond motifs is 1. The zero-order chi connectivity index (χ0) is 19.5. The fourth-order valence-electron chi connectivity index (χ4n) is 3.01. The van der Waals surface area contributed by atoms with Gasteiger partial charge in [0, 0.05) is 11.8 Å². The Morgan fingerprint density at radius 3 is 2.64 bits per heavy atom. The maximum Gasteiger partial charge on any atom is 0.331 e. The van der Waals surface area contributed by atoms with E-state index in [4.69, 9.17) is 14.2 Å². The highest BCUT2D eigenvalue weighted by Crippen LogP contribution is 2.32. The van der Waals surface area contributed by atoms with Crippen LogP contribution in [0.4, 0.5) is 0 Å². The summed E-state index contributed by atoms with van der Waals surface area (Å²) in [5, 5.41) is 4.46. The first-order valence-corrected chi connectivity index (χ1v) is 8.95. The van der Waals surface area contributed by atoms with Crippen molar-refractivity contribution in [2.24, 2.45) is 0 Å². The van der Waals surface area contributed by atoms with Gasteiger partial charge < -0.3 is 14.2 Å². The summed E-state index contributed by atoms with van der Waals surface area (Å²) in [7, 11) is 0. The Hall–Kier alpha value is -3.54. The van der Waals surface area contributed by atoms with E-state index in [9.17, 15) is 4.79 Å². The standard InChI is InChI=1S/C22H20N2O4/c1-15-11-16(2)24(23-15)19-7-3-18(4-8-19)13-26-22(25)10-6-17-5-9-20-21(12-17)28-14-27-20/h3-12H,13-14H2,1-2H3/b10-6+. The molecule has 3 aromatic rings. The molecule has 2 aromatic carbocycles. The van der Waals surface area contributed by atoms with E-state index in [1.807, 2.05) is 67.1 Å². The van der Waals surface area contributed by atoms with Crippen LogP contribution in [0, 0.1) is 13.8 Å². The number of carbonyl (C=O) groups is 1. The normalized spacial score (nSPS) is 12.5. The summed E-state index contributed by atoms with van der Waals surface area (Å²) in [6.07, 6.45) is 3.10. The molecular weight excluding hydrogens is 356 g/mol. The highest BCUT2D eigenvalue weighted by atomic mass is 16.7. The number of aryl methyl sites for hydroxylation is 2. The molecule has 0 aliphatic carbocycles. The Kier molecular flexibility index (Phi) is 4.85. The summed E-state index contributed by atoms with van der Waals surface area (Å²) in [6.45, 7) is 4.42. The van der Waals surface area contributed by atoms with Gasteiger partial charge in [0.1, 0.15) is 6.61 Å². The fraction of sp³-hybridized carbons (Fsp3) is 0.182. The first kappa shape index (κ1) is 17.9. The third kappa shape index (κ3) is 3.91. The SMILES string of the molecule is Cc1cc(C)n(-c2ccc(COC(=O)/C=C/c3ccc4c(c3)OCO4)cc2)n1. The van der Waals surface area contributed by atoms with Gasteiger partial charge in [-0.2, -0.15) is 5.10 Å². The summed E-state index contributed by atoms with van der Waals surface area (Å²) in [5.41, 5.74) is 4.78. The lowest BCUT2D eigenvalue weighted by Crippen LogP contribution is -2.02. The third-order valence-electron chi connectivity index (χ3n) is 4.38. The highest BCUT2D eigenvalue weighted by Gasteiger charge is 2.12. The largest absolute Gasteiger partial charge is 0.458 e. The van der Waals surface area contributed by atoms with Crippen molar-refractivity contribution in [2.45, 2.75) is 20.5 Å². The molecule has 1 aliphatic heterocycles. The predicted molar refractivity (Wildman–Crippen MR) is 104 cm³/mol. The van der Waals surface area contributed by atoms with Crippen LogP contribution in [0.15, 0.2) is 54.6 Å². The first-order chi connectivity index (χ1) is 13.6. The van der Waals surface area contributed by atoms with Crippen LogP contribution in [0.1, 0.15) is 22.5 Å². The van der Waals surface area contributed by atoms with Crippen molar-refractivity contribution >= 4 is 12.0 Å². The highest BCUT2D eigenvalue weighted by molar-refractivity contribution is 5.87. The summed E-state index contributed by atoms with van der Waals surface area (Å²) >= 11 is 0. The van der Waals surface area contributed by atoms with E-state index < -0.39 is 5.97 Å². The molecule has 0 atom stereocenters. The monoisotopic (exact) mass is 376 g/mol. The van der Waals surface area contributed by atoms with Gasteiger partial charge in [-0.25, -0.2) is 9.48 Å². The minimum Gasteiger partial charge on any atom is -0.458 e. The molecule has 0 bridgehead atoms. The van der Waals surface area contributed by atoms with Gasteiger partial charge in [0.05, 0.1) is 11.4 Å². The molecule has 0 N–H and O–H groups in total. The summed E-state index contributed by atoms with van der Waals surface area (Å²) < 4.78 is 17.8. The van der Waals surface area contributed by atoms with E-state index in [-0.39, 0.29) is 13.4 Å². The maximum atomic E-state index is 12.0. The number of aromatic nitrogens is 2. The van der Waals surface area contributed by atoms with Gasteiger partial charge >= 0.3 is 5.97 Å². The van der Waals surface area contributed by atoms with E-state index in [1.165, 1.54) is 6.08 Å². The van der Waals surface area contributed by atoms with Crippen molar-refractivity contribution in [1.82, 2.24) is 9.78 Å². The number of nitrogens with zero attached hydrogens (tertiary/aromatic N) is 2. The lowest BCUT2D eigenvalue weighted by Gasteiger charge is -2.06. The van der Waals surface area contributed by atoms with Gasteiger partial charge in [0.25, 0.3) is 0 Å². The molecule has 1 aliphatic rings. The minimum atomic E-state index is -0.403. The molecule has 1 aromatic heterocycles. The van der Waals surface area contributed by atoms with Gasteiger partial charge in [-0.15, -0.1) is 0 Å². The molecule has 0 amide bonds. The average molecular weight is 376 g/mol. The molecule has 0 unspecified atom stereocenters. The second-order valence-electron chi connectivity index (χ2n) is 6.56. The molecule has 0 spiro atoms. The zero-order valence-electron chi connectivity index (χ0n) is 15.7. The molecule has 0 saturated carbocycles. The van der Waals surface area contributed by atoms with E-state index in [0.29, 0.717) is 11.5 Å². The third-order valence-corrected chi connectivity index (χ3v) is 4.38. The first-order valence-electron chi connectivity index (χ1n) is 8.95. The van der Waals surface area contributed by atoms with Crippen molar-refractivity contribution in [3.8, 4) is 17.2 Å². The van der Waals surface area contributed by atoms with Gasteiger partial charge in [-0.3, -0.25) is 0 Å². The van der Waals surface area contributed by atoms with Crippen molar-refractivity contribution in [3.05, 3.63) is 77.1 Å². The average Bonchev–Trinajstić information content (AvgIpc) is 3.30. The smallest absolute Gasteiger partial charge is 0.331 e. The van der Waals surface area contributed by atoms with Gasteiger partial charge in [-0.05, 0) is 61.4 Å². The van der Waals surface area contributed by atoms with Crippen LogP contribution in [0.25, 0.3) is 11.8 Å². The molecule has 4 rings (SSSR count). The van der Waals surface area contributed by atoms with Gasteiger partial charge in [0.2, 0.25) is 6.79 Å². The number of carbonyl (C=O) groups excluding carboxylic acids is 1. The van der Waals surface area contributed by atoms with Crippen LogP contribution < -0.4 is 9.47 Å². The second-order valence-corrected chi connectivity index (χ2v) is 6.56. The summed E-state index contributed by atoms with van der Waals surface area (Å²) in [4.78, 5) is 12.0. The van der Waals surface area contributed by atoms with Crippen LogP contribution in [-0.4, -0.2) is 22.5 Å². The number of esters is 1. The van der Waals surface area contributed by atoms with Crippen molar-refractivity contribution in [3.63, 3.8) is 0 Å². The molecule has 28 heavy (non-hydrogen) atoms. The predicted octanol–water partition coefficient (Wildman–Crippen LogP) is 3.97. The topological polar surface area (TPSA) is 62.6 Å². The number of rotatable bonds is 5. The van der Waals surface area contributed by atoms with Crippen molar-refractivity contribution in [2.75, 3.05) is 6.79 Å². The van der Waals surface area contributed by atoms with Crippen LogP contribution in [-0.2, 0) is 16.1 Å². The van der Waals surface area contributed by atoms with E-state index in [0.717, 1.165) is 28.2 Å². The van der Waals surface area contributed by atoms with E-state index >= 15 is 0 Å². The number of hydrogen-bond donors (Lipinski definition) is 0. The van der Waals surface area contributed by atoms with Gasteiger partial charge in [0.15, 0.2) is 11.5 Å². The Labute approximate surface area is 163 Å². The van der Waals surface area contributed by atoms with Gasteiger partial charge in [-0.1, -0.05) is 18.2 Å². The lowest BCUT2D eigenvalue weighted by molar-refractivity contribution is -0.138. The lowest BCUT2D eigenvalue weighted by atomic mass is 10.2. The van der Waals surface area contributed by atoms with Crippen LogP contribution in [0.5, 0.6) is 11.5 Å². The number of ether oxygens (including phenoxy) is 3. The Morgan fingerprint density at radius 2 is 1.89 bits per heavy atom. The van der Waals surface area contributed by atoms with Crippen molar-refractivity contribution < 1.29 is 19.0 Å². The second kappa shape index (κ2) is 7.60. The molecule has 2 heterocycles. The molecular formula is C22H20N2O4. The summed E-state index contributed by atoms with van der Waals surface area (Å²) in [5.74, 6) is 0.988. The zero-order valence-corrected chi connectivity index (χ0v) is 15.7. The fourth-order valence-corrected chi connectivity index (χ4v) is 3.01. The van der Waals surface area contributed by atoms with E-state index in [2.05, 4.69) is 5.10 Å².